The van der Waals surface area contributed by atoms with Gasteiger partial charge in [0.1, 0.15) is 24.6 Å². The average Bonchev–Trinajstić information content (AvgIpc) is 3.31. The first kappa shape index (κ1) is 26.5. The minimum Gasteiger partial charge on any atom is -0.497 e. The number of benzene rings is 2. The van der Waals surface area contributed by atoms with E-state index in [-0.39, 0.29) is 30.9 Å². The molecule has 190 valence electrons. The maximum atomic E-state index is 12.7. The average molecular weight is 486 g/mol. The third-order valence-corrected chi connectivity index (χ3v) is 5.89. The highest BCUT2D eigenvalue weighted by Gasteiger charge is 2.37. The number of methoxy groups -OCH3 is 2. The quantitative estimate of drug-likeness (QED) is 0.308. The maximum Gasteiger partial charge on any atom is 0.410 e. The summed E-state index contributed by atoms with van der Waals surface area (Å²) in [5.74, 6) is 0.591. The Kier molecular flexibility index (Phi) is 10.9. The highest BCUT2D eigenvalue weighted by atomic mass is 16.6. The molecule has 0 radical (unpaired) electrons. The Labute approximate surface area is 207 Å². The van der Waals surface area contributed by atoms with Crippen molar-refractivity contribution in [2.45, 2.75) is 51.1 Å². The Hall–Kier alpha value is -3.10. The van der Waals surface area contributed by atoms with Crippen molar-refractivity contribution in [1.82, 2.24) is 4.90 Å². The predicted molar refractivity (Wildman–Crippen MR) is 130 cm³/mol. The van der Waals surface area contributed by atoms with Gasteiger partial charge in [-0.25, -0.2) is 4.79 Å². The molecule has 1 aliphatic rings. The summed E-state index contributed by atoms with van der Waals surface area (Å²) >= 11 is 0. The number of carbonyl (C=O) groups excluding carboxylic acids is 2. The molecule has 8 heteroatoms. The van der Waals surface area contributed by atoms with E-state index in [1.54, 1.807) is 12.0 Å². The number of unbranched alkanes of at least 4 members (excludes halogenated alkanes) is 2. The molecule has 2 atom stereocenters. The molecule has 3 rings (SSSR count). The van der Waals surface area contributed by atoms with Crippen molar-refractivity contribution in [1.29, 1.82) is 0 Å². The molecule has 2 aromatic carbocycles. The standard InChI is InChI=1S/C27H35NO7/c1-31-23-14-12-22(13-15-23)19-34-25-18-28(27(30)35-20-21-9-5-3-6-10-21)17-24(25)33-16-8-4-7-11-26(29)32-2/h3,5-6,9-10,12-15,24-25H,4,7-8,11,16-20H2,1-2H3/t24-,25-/m1/s1. The van der Waals surface area contributed by atoms with Crippen LogP contribution >= 0.6 is 0 Å². The Morgan fingerprint density at radius 2 is 1.51 bits per heavy atom. The Morgan fingerprint density at radius 3 is 2.20 bits per heavy atom. The van der Waals surface area contributed by atoms with Crippen molar-refractivity contribution in [3.63, 3.8) is 0 Å². The lowest BCUT2D eigenvalue weighted by Crippen LogP contribution is -2.30. The van der Waals surface area contributed by atoms with Crippen LogP contribution in [0.1, 0.15) is 36.8 Å². The van der Waals surface area contributed by atoms with Gasteiger partial charge in [-0.2, -0.15) is 0 Å². The number of likely N-dealkylation sites (tertiary alicyclic amines) is 1. The first-order valence-corrected chi connectivity index (χ1v) is 12.0. The van der Waals surface area contributed by atoms with Crippen LogP contribution in [0.2, 0.25) is 0 Å². The van der Waals surface area contributed by atoms with Gasteiger partial charge >= 0.3 is 12.1 Å². The summed E-state index contributed by atoms with van der Waals surface area (Å²) in [7, 11) is 3.03. The van der Waals surface area contributed by atoms with Crippen molar-refractivity contribution in [3.05, 3.63) is 65.7 Å². The number of esters is 1. The number of ether oxygens (including phenoxy) is 5. The molecule has 1 fully saturated rings. The normalized spacial score (nSPS) is 17.3. The number of carbonyl (C=O) groups is 2. The Bertz CT molecular complexity index is 904. The minimum absolute atomic E-state index is 0.196. The van der Waals surface area contributed by atoms with Gasteiger partial charge in [0.2, 0.25) is 0 Å². The topological polar surface area (TPSA) is 83.5 Å². The van der Waals surface area contributed by atoms with E-state index < -0.39 is 0 Å². The maximum absolute atomic E-state index is 12.7. The van der Waals surface area contributed by atoms with E-state index in [2.05, 4.69) is 4.74 Å². The van der Waals surface area contributed by atoms with E-state index in [9.17, 15) is 9.59 Å². The first-order chi connectivity index (χ1) is 17.1. The lowest BCUT2D eigenvalue weighted by Gasteiger charge is -2.19. The summed E-state index contributed by atoms with van der Waals surface area (Å²) in [6.07, 6.45) is 1.95. The van der Waals surface area contributed by atoms with Crippen LogP contribution in [-0.2, 0) is 37.0 Å². The third kappa shape index (κ3) is 8.88. The fraction of sp³-hybridized carbons (Fsp3) is 0.481. The number of rotatable bonds is 13. The smallest absolute Gasteiger partial charge is 0.410 e. The van der Waals surface area contributed by atoms with E-state index in [0.29, 0.717) is 32.7 Å². The second-order valence-electron chi connectivity index (χ2n) is 8.44. The van der Waals surface area contributed by atoms with Crippen molar-refractivity contribution in [2.75, 3.05) is 33.9 Å². The lowest BCUT2D eigenvalue weighted by molar-refractivity contribution is -0.140. The van der Waals surface area contributed by atoms with E-state index in [0.717, 1.165) is 36.1 Å². The molecule has 0 spiro atoms. The summed E-state index contributed by atoms with van der Waals surface area (Å²) in [6, 6.07) is 17.3. The number of hydrogen-bond acceptors (Lipinski definition) is 7. The zero-order valence-electron chi connectivity index (χ0n) is 20.5. The number of amides is 1. The molecule has 1 heterocycles. The molecule has 0 aromatic heterocycles. The van der Waals surface area contributed by atoms with E-state index in [1.165, 1.54) is 7.11 Å². The van der Waals surface area contributed by atoms with Crippen LogP contribution in [0.15, 0.2) is 54.6 Å². The van der Waals surface area contributed by atoms with Gasteiger partial charge in [-0.1, -0.05) is 48.9 Å². The third-order valence-electron chi connectivity index (χ3n) is 5.89. The van der Waals surface area contributed by atoms with Crippen LogP contribution in [0.5, 0.6) is 5.75 Å². The molecule has 0 bridgehead atoms. The van der Waals surface area contributed by atoms with Crippen LogP contribution < -0.4 is 4.74 Å². The molecular weight excluding hydrogens is 450 g/mol. The van der Waals surface area contributed by atoms with Gasteiger partial charge in [0.05, 0.1) is 33.9 Å². The van der Waals surface area contributed by atoms with Crippen LogP contribution in [0.25, 0.3) is 0 Å². The predicted octanol–water partition coefficient (Wildman–Crippen LogP) is 4.35. The monoisotopic (exact) mass is 485 g/mol. The van der Waals surface area contributed by atoms with Crippen molar-refractivity contribution >= 4 is 12.1 Å². The van der Waals surface area contributed by atoms with Crippen molar-refractivity contribution < 1.29 is 33.3 Å². The zero-order valence-corrected chi connectivity index (χ0v) is 20.5. The Balaban J connectivity index is 1.50. The molecule has 1 saturated heterocycles. The molecule has 0 unspecified atom stereocenters. The minimum atomic E-state index is -0.379. The molecule has 0 aliphatic carbocycles. The van der Waals surface area contributed by atoms with Crippen LogP contribution in [0.4, 0.5) is 4.79 Å². The van der Waals surface area contributed by atoms with Gasteiger partial charge in [-0.3, -0.25) is 4.79 Å². The summed E-state index contributed by atoms with van der Waals surface area (Å²) in [4.78, 5) is 25.6. The highest BCUT2D eigenvalue weighted by molar-refractivity contribution is 5.69. The zero-order chi connectivity index (χ0) is 24.9. The molecule has 0 saturated carbocycles. The Morgan fingerprint density at radius 1 is 0.829 bits per heavy atom. The highest BCUT2D eigenvalue weighted by Crippen LogP contribution is 2.21. The molecule has 0 N–H and O–H groups in total. The number of nitrogens with zero attached hydrogens (tertiary/aromatic N) is 1. The molecule has 35 heavy (non-hydrogen) atoms. The van der Waals surface area contributed by atoms with Crippen LogP contribution in [0, 0.1) is 0 Å². The number of hydrogen-bond donors (Lipinski definition) is 0. The fourth-order valence-electron chi connectivity index (χ4n) is 3.83. The summed E-state index contributed by atoms with van der Waals surface area (Å²) < 4.78 is 27.7. The van der Waals surface area contributed by atoms with Gasteiger partial charge in [-0.15, -0.1) is 0 Å². The van der Waals surface area contributed by atoms with E-state index in [1.807, 2.05) is 54.6 Å². The van der Waals surface area contributed by atoms with Gasteiger partial charge in [0, 0.05) is 13.0 Å². The molecule has 1 aliphatic heterocycles. The van der Waals surface area contributed by atoms with Crippen LogP contribution in [-0.4, -0.2) is 63.1 Å². The lowest BCUT2D eigenvalue weighted by atomic mass is 10.2. The molecular formula is C27H35NO7. The second-order valence-corrected chi connectivity index (χ2v) is 8.44. The van der Waals surface area contributed by atoms with Gasteiger partial charge in [-0.05, 0) is 36.1 Å². The van der Waals surface area contributed by atoms with E-state index in [4.69, 9.17) is 18.9 Å². The largest absolute Gasteiger partial charge is 0.497 e. The summed E-state index contributed by atoms with van der Waals surface area (Å²) in [5, 5.41) is 0. The van der Waals surface area contributed by atoms with Gasteiger partial charge < -0.3 is 28.6 Å². The van der Waals surface area contributed by atoms with Gasteiger partial charge in [0.15, 0.2) is 0 Å². The van der Waals surface area contributed by atoms with Crippen molar-refractivity contribution in [3.8, 4) is 5.75 Å². The summed E-state index contributed by atoms with van der Waals surface area (Å²) in [6.45, 7) is 1.96. The summed E-state index contributed by atoms with van der Waals surface area (Å²) in [5.41, 5.74) is 1.95. The van der Waals surface area contributed by atoms with Crippen molar-refractivity contribution in [2.24, 2.45) is 0 Å². The SMILES string of the molecule is COC(=O)CCCCCO[C@@H]1CN(C(=O)OCc2ccccc2)C[C@H]1OCc1ccc(OC)cc1. The van der Waals surface area contributed by atoms with E-state index >= 15 is 0 Å². The van der Waals surface area contributed by atoms with Crippen LogP contribution in [0.3, 0.4) is 0 Å². The molecule has 1 amide bonds. The molecule has 2 aromatic rings. The molecule has 8 nitrogen and oxygen atoms in total. The first-order valence-electron chi connectivity index (χ1n) is 12.0. The fourth-order valence-corrected chi connectivity index (χ4v) is 3.83. The second kappa shape index (κ2) is 14.3. The van der Waals surface area contributed by atoms with Gasteiger partial charge in [0.25, 0.3) is 0 Å².